The van der Waals surface area contributed by atoms with Crippen LogP contribution in [0.5, 0.6) is 0 Å². The molecule has 0 spiro atoms. The molecule has 1 aromatic heterocycles. The smallest absolute Gasteiger partial charge is 0.236 e. The lowest BCUT2D eigenvalue weighted by atomic mass is 9.96. The second-order valence-corrected chi connectivity index (χ2v) is 4.12. The molecule has 0 aliphatic rings. The molecule has 0 fully saturated rings. The standard InChI is InChI=1S/C8H14N4S/c1-5-9-6(8(2,3)4)11-7(10-5)12-13/h13H,1-4H3,(H,9,10,11,12). The predicted octanol–water partition coefficient (Wildman–Crippen LogP) is 1.73. The molecule has 5 heteroatoms. The third kappa shape index (κ3) is 2.55. The van der Waals surface area contributed by atoms with Gasteiger partial charge in [0, 0.05) is 5.41 Å². The fourth-order valence-electron chi connectivity index (χ4n) is 0.867. The van der Waals surface area contributed by atoms with E-state index in [1.165, 1.54) is 0 Å². The van der Waals surface area contributed by atoms with Gasteiger partial charge in [-0.15, -0.1) is 0 Å². The number of hydrogen-bond acceptors (Lipinski definition) is 5. The molecule has 0 saturated heterocycles. The van der Waals surface area contributed by atoms with Gasteiger partial charge in [-0.1, -0.05) is 33.6 Å². The first-order valence-corrected chi connectivity index (χ1v) is 4.51. The van der Waals surface area contributed by atoms with Crippen LogP contribution in [-0.2, 0) is 5.41 Å². The summed E-state index contributed by atoms with van der Waals surface area (Å²) in [5, 5.41) is 0. The summed E-state index contributed by atoms with van der Waals surface area (Å²) in [6, 6.07) is 0. The van der Waals surface area contributed by atoms with Crippen molar-refractivity contribution in [1.82, 2.24) is 15.0 Å². The van der Waals surface area contributed by atoms with Crippen molar-refractivity contribution in [2.75, 3.05) is 4.72 Å². The van der Waals surface area contributed by atoms with Gasteiger partial charge in [0.25, 0.3) is 0 Å². The Kier molecular flexibility index (Phi) is 2.75. The molecule has 0 atom stereocenters. The summed E-state index contributed by atoms with van der Waals surface area (Å²) in [5.41, 5.74) is -0.0624. The Morgan fingerprint density at radius 3 is 2.23 bits per heavy atom. The fourth-order valence-corrected chi connectivity index (χ4v) is 0.967. The zero-order valence-electron chi connectivity index (χ0n) is 8.29. The second kappa shape index (κ2) is 3.49. The summed E-state index contributed by atoms with van der Waals surface area (Å²) in [6.07, 6.45) is 0. The molecule has 0 amide bonds. The average molecular weight is 198 g/mol. The van der Waals surface area contributed by atoms with Crippen molar-refractivity contribution in [2.24, 2.45) is 0 Å². The third-order valence-electron chi connectivity index (χ3n) is 1.52. The molecule has 0 bridgehead atoms. The van der Waals surface area contributed by atoms with Crippen molar-refractivity contribution < 1.29 is 0 Å². The lowest BCUT2D eigenvalue weighted by Crippen LogP contribution is -2.18. The molecule has 4 nitrogen and oxygen atoms in total. The van der Waals surface area contributed by atoms with E-state index in [1.807, 2.05) is 6.92 Å². The van der Waals surface area contributed by atoms with Gasteiger partial charge in [0.05, 0.1) is 0 Å². The largest absolute Gasteiger partial charge is 0.301 e. The summed E-state index contributed by atoms with van der Waals surface area (Å²) in [7, 11) is 0. The fraction of sp³-hybridized carbons (Fsp3) is 0.625. The van der Waals surface area contributed by atoms with E-state index in [0.717, 1.165) is 5.82 Å². The number of aryl methyl sites for hydroxylation is 1. The van der Waals surface area contributed by atoms with Crippen molar-refractivity contribution in [1.29, 1.82) is 0 Å². The van der Waals surface area contributed by atoms with E-state index in [0.29, 0.717) is 11.8 Å². The van der Waals surface area contributed by atoms with E-state index >= 15 is 0 Å². The molecular formula is C8H14N4S. The summed E-state index contributed by atoms with van der Waals surface area (Å²) >= 11 is 3.90. The van der Waals surface area contributed by atoms with Crippen molar-refractivity contribution in [3.8, 4) is 0 Å². The van der Waals surface area contributed by atoms with Gasteiger partial charge < -0.3 is 4.72 Å². The molecule has 1 N–H and O–H groups in total. The van der Waals surface area contributed by atoms with E-state index in [1.54, 1.807) is 0 Å². The summed E-state index contributed by atoms with van der Waals surface area (Å²) in [5.74, 6) is 1.98. The van der Waals surface area contributed by atoms with Crippen molar-refractivity contribution >= 4 is 18.8 Å². The minimum Gasteiger partial charge on any atom is -0.301 e. The molecule has 0 saturated carbocycles. The highest BCUT2D eigenvalue weighted by molar-refractivity contribution is 7.81. The Morgan fingerprint density at radius 1 is 1.15 bits per heavy atom. The van der Waals surface area contributed by atoms with E-state index in [2.05, 4.69) is 53.3 Å². The molecule has 0 aliphatic heterocycles. The maximum atomic E-state index is 4.26. The van der Waals surface area contributed by atoms with Gasteiger partial charge in [0.2, 0.25) is 5.95 Å². The Bertz CT molecular complexity index is 306. The summed E-state index contributed by atoms with van der Waals surface area (Å²) in [6.45, 7) is 8.02. The molecule has 72 valence electrons. The SMILES string of the molecule is Cc1nc(NS)nc(C(C)(C)C)n1. The van der Waals surface area contributed by atoms with Crippen LogP contribution >= 0.6 is 12.8 Å². The van der Waals surface area contributed by atoms with Gasteiger partial charge in [-0.25, -0.2) is 4.98 Å². The number of nitrogens with zero attached hydrogens (tertiary/aromatic N) is 3. The maximum absolute atomic E-state index is 4.26. The van der Waals surface area contributed by atoms with Crippen LogP contribution in [0, 0.1) is 6.92 Å². The quantitative estimate of drug-likeness (QED) is 0.675. The number of nitrogens with one attached hydrogen (secondary N) is 1. The number of thiol groups is 1. The van der Waals surface area contributed by atoms with E-state index in [4.69, 9.17) is 0 Å². The highest BCUT2D eigenvalue weighted by Crippen LogP contribution is 2.18. The topological polar surface area (TPSA) is 50.7 Å². The van der Waals surface area contributed by atoms with Gasteiger partial charge in [0.15, 0.2) is 0 Å². The van der Waals surface area contributed by atoms with Crippen LogP contribution in [0.2, 0.25) is 0 Å². The lowest BCUT2D eigenvalue weighted by Gasteiger charge is -2.16. The predicted molar refractivity (Wildman–Crippen MR) is 55.9 cm³/mol. The zero-order chi connectivity index (χ0) is 10.1. The third-order valence-corrected chi connectivity index (χ3v) is 1.72. The van der Waals surface area contributed by atoms with Gasteiger partial charge in [-0.3, -0.25) is 0 Å². The maximum Gasteiger partial charge on any atom is 0.236 e. The monoisotopic (exact) mass is 198 g/mol. The van der Waals surface area contributed by atoms with Crippen LogP contribution in [0.4, 0.5) is 5.95 Å². The van der Waals surface area contributed by atoms with E-state index in [9.17, 15) is 0 Å². The van der Waals surface area contributed by atoms with E-state index in [-0.39, 0.29) is 5.41 Å². The molecule has 0 aromatic carbocycles. The van der Waals surface area contributed by atoms with Gasteiger partial charge in [-0.2, -0.15) is 9.97 Å². The molecule has 0 radical (unpaired) electrons. The highest BCUT2D eigenvalue weighted by atomic mass is 32.1. The molecule has 1 aromatic rings. The normalized spacial score (nSPS) is 11.5. The number of hydrogen-bond donors (Lipinski definition) is 2. The molecule has 1 rings (SSSR count). The Morgan fingerprint density at radius 2 is 1.77 bits per heavy atom. The van der Waals surface area contributed by atoms with Crippen LogP contribution in [0.15, 0.2) is 0 Å². The number of rotatable bonds is 1. The van der Waals surface area contributed by atoms with Crippen LogP contribution in [-0.4, -0.2) is 15.0 Å². The minimum absolute atomic E-state index is 0.0624. The number of aromatic nitrogens is 3. The summed E-state index contributed by atoms with van der Waals surface area (Å²) < 4.78 is 2.61. The van der Waals surface area contributed by atoms with Crippen molar-refractivity contribution in [3.63, 3.8) is 0 Å². The molecule has 1 heterocycles. The van der Waals surface area contributed by atoms with Gasteiger partial charge in [0.1, 0.15) is 11.6 Å². The van der Waals surface area contributed by atoms with Crippen molar-refractivity contribution in [3.05, 3.63) is 11.6 Å². The lowest BCUT2D eigenvalue weighted by molar-refractivity contribution is 0.540. The first-order valence-electron chi connectivity index (χ1n) is 4.07. The first-order chi connectivity index (χ1) is 5.93. The van der Waals surface area contributed by atoms with Gasteiger partial charge >= 0.3 is 0 Å². The Hall–Kier alpha value is -0.840. The highest BCUT2D eigenvalue weighted by Gasteiger charge is 2.18. The second-order valence-electron chi connectivity index (χ2n) is 3.89. The summed E-state index contributed by atoms with van der Waals surface area (Å²) in [4.78, 5) is 12.5. The van der Waals surface area contributed by atoms with Crippen LogP contribution in [0.1, 0.15) is 32.4 Å². The van der Waals surface area contributed by atoms with Gasteiger partial charge in [-0.05, 0) is 6.92 Å². The Labute approximate surface area is 83.8 Å². The molecule has 0 unspecified atom stereocenters. The average Bonchev–Trinajstić information content (AvgIpc) is 2.01. The Balaban J connectivity index is 3.16. The van der Waals surface area contributed by atoms with Crippen LogP contribution in [0.3, 0.4) is 0 Å². The van der Waals surface area contributed by atoms with Crippen molar-refractivity contribution in [2.45, 2.75) is 33.1 Å². The van der Waals surface area contributed by atoms with Crippen LogP contribution in [0.25, 0.3) is 0 Å². The molecule has 13 heavy (non-hydrogen) atoms. The minimum atomic E-state index is -0.0624. The molecule has 0 aliphatic carbocycles. The van der Waals surface area contributed by atoms with Crippen LogP contribution < -0.4 is 4.72 Å². The van der Waals surface area contributed by atoms with E-state index < -0.39 is 0 Å². The number of anilines is 1. The molecular weight excluding hydrogens is 184 g/mol. The first kappa shape index (κ1) is 10.2. The zero-order valence-corrected chi connectivity index (χ0v) is 9.18.